The standard InChI is InChI=1S/C15H20N2O3/c1-20-15(19)13-6-10-17(11-7-13)14(18)3-2-12-4-8-16-9-5-12/h4-5,8-9,13H,2-3,6-7,10-11H2,1H3. The van der Waals surface area contributed by atoms with Crippen LogP contribution in [-0.4, -0.2) is 42.0 Å². The van der Waals surface area contributed by atoms with E-state index >= 15 is 0 Å². The predicted molar refractivity (Wildman–Crippen MR) is 73.9 cm³/mol. The minimum absolute atomic E-state index is 0.0516. The quantitative estimate of drug-likeness (QED) is 0.780. The summed E-state index contributed by atoms with van der Waals surface area (Å²) in [6.45, 7) is 1.30. The molecule has 1 aromatic rings. The van der Waals surface area contributed by atoms with E-state index in [0.29, 0.717) is 32.4 Å². The van der Waals surface area contributed by atoms with E-state index in [2.05, 4.69) is 4.98 Å². The number of aryl methyl sites for hydroxylation is 1. The third-order valence-corrected chi connectivity index (χ3v) is 3.76. The van der Waals surface area contributed by atoms with Crippen LogP contribution in [0.2, 0.25) is 0 Å². The Morgan fingerprint density at radius 3 is 2.55 bits per heavy atom. The summed E-state index contributed by atoms with van der Waals surface area (Å²) in [6.07, 6.45) is 6.12. The Hall–Kier alpha value is -1.91. The minimum atomic E-state index is -0.158. The van der Waals surface area contributed by atoms with Crippen molar-refractivity contribution in [3.63, 3.8) is 0 Å². The van der Waals surface area contributed by atoms with Crippen molar-refractivity contribution in [2.75, 3.05) is 20.2 Å². The van der Waals surface area contributed by atoms with Crippen molar-refractivity contribution >= 4 is 11.9 Å². The average Bonchev–Trinajstić information content (AvgIpc) is 2.53. The Kier molecular flexibility index (Phi) is 5.09. The molecule has 0 atom stereocenters. The topological polar surface area (TPSA) is 59.5 Å². The smallest absolute Gasteiger partial charge is 0.308 e. The number of aromatic nitrogens is 1. The second-order valence-corrected chi connectivity index (χ2v) is 5.03. The molecule has 1 aliphatic rings. The number of hydrogen-bond acceptors (Lipinski definition) is 4. The molecule has 0 aliphatic carbocycles. The van der Waals surface area contributed by atoms with Gasteiger partial charge in [-0.15, -0.1) is 0 Å². The van der Waals surface area contributed by atoms with E-state index in [1.807, 2.05) is 17.0 Å². The highest BCUT2D eigenvalue weighted by molar-refractivity contribution is 5.77. The molecular formula is C15H20N2O3. The monoisotopic (exact) mass is 276 g/mol. The zero-order valence-electron chi connectivity index (χ0n) is 11.7. The Morgan fingerprint density at radius 1 is 1.30 bits per heavy atom. The molecular weight excluding hydrogens is 256 g/mol. The van der Waals surface area contributed by atoms with Crippen LogP contribution in [0.15, 0.2) is 24.5 Å². The molecule has 2 heterocycles. The van der Waals surface area contributed by atoms with Gasteiger partial charge in [-0.05, 0) is 37.0 Å². The summed E-state index contributed by atoms with van der Waals surface area (Å²) in [6, 6.07) is 3.85. The third-order valence-electron chi connectivity index (χ3n) is 3.76. The van der Waals surface area contributed by atoms with Crippen LogP contribution in [0.5, 0.6) is 0 Å². The average molecular weight is 276 g/mol. The summed E-state index contributed by atoms with van der Waals surface area (Å²) in [5, 5.41) is 0. The second-order valence-electron chi connectivity index (χ2n) is 5.03. The van der Waals surface area contributed by atoms with Crippen molar-refractivity contribution in [3.8, 4) is 0 Å². The third kappa shape index (κ3) is 3.79. The first-order chi connectivity index (χ1) is 9.70. The molecule has 0 unspecified atom stereocenters. The van der Waals surface area contributed by atoms with Crippen molar-refractivity contribution < 1.29 is 14.3 Å². The van der Waals surface area contributed by atoms with Crippen molar-refractivity contribution in [3.05, 3.63) is 30.1 Å². The first-order valence-electron chi connectivity index (χ1n) is 6.95. The molecule has 108 valence electrons. The normalized spacial score (nSPS) is 15.9. The molecule has 1 aromatic heterocycles. The maximum absolute atomic E-state index is 12.1. The predicted octanol–water partition coefficient (Wildman–Crippen LogP) is 1.43. The lowest BCUT2D eigenvalue weighted by Gasteiger charge is -2.30. The number of methoxy groups -OCH3 is 1. The van der Waals surface area contributed by atoms with E-state index in [1.165, 1.54) is 7.11 Å². The summed E-state index contributed by atoms with van der Waals surface area (Å²) in [7, 11) is 1.41. The second kappa shape index (κ2) is 7.03. The fraction of sp³-hybridized carbons (Fsp3) is 0.533. The van der Waals surface area contributed by atoms with E-state index in [1.54, 1.807) is 12.4 Å². The number of nitrogens with zero attached hydrogens (tertiary/aromatic N) is 2. The summed E-state index contributed by atoms with van der Waals surface area (Å²) in [4.78, 5) is 29.3. The molecule has 1 aliphatic heterocycles. The van der Waals surface area contributed by atoms with Crippen LogP contribution < -0.4 is 0 Å². The van der Waals surface area contributed by atoms with Crippen LogP contribution in [0.25, 0.3) is 0 Å². The molecule has 5 nitrogen and oxygen atoms in total. The molecule has 1 amide bonds. The van der Waals surface area contributed by atoms with Gasteiger partial charge in [0.15, 0.2) is 0 Å². The van der Waals surface area contributed by atoms with Gasteiger partial charge in [0.2, 0.25) is 5.91 Å². The molecule has 1 fully saturated rings. The molecule has 0 N–H and O–H groups in total. The maximum Gasteiger partial charge on any atom is 0.308 e. The first kappa shape index (κ1) is 14.5. The molecule has 5 heteroatoms. The number of pyridine rings is 1. The van der Waals surface area contributed by atoms with Crippen molar-refractivity contribution in [1.82, 2.24) is 9.88 Å². The molecule has 2 rings (SSSR count). The van der Waals surface area contributed by atoms with Crippen molar-refractivity contribution in [2.24, 2.45) is 5.92 Å². The van der Waals surface area contributed by atoms with E-state index < -0.39 is 0 Å². The molecule has 0 spiro atoms. The van der Waals surface area contributed by atoms with Crippen LogP contribution in [0.4, 0.5) is 0 Å². The van der Waals surface area contributed by atoms with Gasteiger partial charge in [0, 0.05) is 31.9 Å². The maximum atomic E-state index is 12.1. The summed E-state index contributed by atoms with van der Waals surface area (Å²) in [5.41, 5.74) is 1.12. The molecule has 0 bridgehead atoms. The van der Waals surface area contributed by atoms with E-state index in [-0.39, 0.29) is 17.8 Å². The first-order valence-corrected chi connectivity index (χ1v) is 6.95. The Balaban J connectivity index is 1.76. The number of esters is 1. The van der Waals surface area contributed by atoms with Gasteiger partial charge >= 0.3 is 5.97 Å². The largest absolute Gasteiger partial charge is 0.469 e. The lowest BCUT2D eigenvalue weighted by Crippen LogP contribution is -2.40. The molecule has 20 heavy (non-hydrogen) atoms. The fourth-order valence-corrected chi connectivity index (χ4v) is 2.49. The minimum Gasteiger partial charge on any atom is -0.469 e. The number of likely N-dealkylation sites (tertiary alicyclic amines) is 1. The van der Waals surface area contributed by atoms with Gasteiger partial charge in [-0.1, -0.05) is 0 Å². The van der Waals surface area contributed by atoms with Crippen LogP contribution >= 0.6 is 0 Å². The van der Waals surface area contributed by atoms with Gasteiger partial charge in [0.1, 0.15) is 0 Å². The zero-order valence-corrected chi connectivity index (χ0v) is 11.7. The van der Waals surface area contributed by atoms with Gasteiger partial charge in [-0.25, -0.2) is 0 Å². The summed E-state index contributed by atoms with van der Waals surface area (Å²) in [5.74, 6) is -0.0525. The number of amides is 1. The van der Waals surface area contributed by atoms with Crippen molar-refractivity contribution in [1.29, 1.82) is 0 Å². The van der Waals surface area contributed by atoms with Gasteiger partial charge in [-0.2, -0.15) is 0 Å². The highest BCUT2D eigenvalue weighted by atomic mass is 16.5. The molecule has 0 radical (unpaired) electrons. The number of carbonyl (C=O) groups excluding carboxylic acids is 2. The Morgan fingerprint density at radius 2 is 1.95 bits per heavy atom. The van der Waals surface area contributed by atoms with Crippen LogP contribution in [0, 0.1) is 5.92 Å². The Bertz CT molecular complexity index is 453. The molecule has 0 saturated carbocycles. The fourth-order valence-electron chi connectivity index (χ4n) is 2.49. The Labute approximate surface area is 118 Å². The number of ether oxygens (including phenoxy) is 1. The van der Waals surface area contributed by atoms with E-state index in [0.717, 1.165) is 12.0 Å². The SMILES string of the molecule is COC(=O)C1CCN(C(=O)CCc2ccncc2)CC1. The van der Waals surface area contributed by atoms with Gasteiger partial charge < -0.3 is 9.64 Å². The van der Waals surface area contributed by atoms with Crippen LogP contribution in [0.3, 0.4) is 0 Å². The molecule has 0 aromatic carbocycles. The lowest BCUT2D eigenvalue weighted by molar-refractivity contribution is -0.148. The van der Waals surface area contributed by atoms with Crippen LogP contribution in [0.1, 0.15) is 24.8 Å². The number of hydrogen-bond donors (Lipinski definition) is 0. The van der Waals surface area contributed by atoms with Crippen molar-refractivity contribution in [2.45, 2.75) is 25.7 Å². The summed E-state index contributed by atoms with van der Waals surface area (Å²) >= 11 is 0. The molecule has 1 saturated heterocycles. The number of rotatable bonds is 4. The van der Waals surface area contributed by atoms with E-state index in [9.17, 15) is 9.59 Å². The van der Waals surface area contributed by atoms with Gasteiger partial charge in [-0.3, -0.25) is 14.6 Å². The lowest BCUT2D eigenvalue weighted by atomic mass is 9.96. The zero-order chi connectivity index (χ0) is 14.4. The highest BCUT2D eigenvalue weighted by Gasteiger charge is 2.27. The summed E-state index contributed by atoms with van der Waals surface area (Å²) < 4.78 is 4.74. The number of piperidine rings is 1. The van der Waals surface area contributed by atoms with Crippen LogP contribution in [-0.2, 0) is 20.7 Å². The van der Waals surface area contributed by atoms with Gasteiger partial charge in [0.05, 0.1) is 13.0 Å². The van der Waals surface area contributed by atoms with Gasteiger partial charge in [0.25, 0.3) is 0 Å². The number of carbonyl (C=O) groups is 2. The highest BCUT2D eigenvalue weighted by Crippen LogP contribution is 2.19. The van der Waals surface area contributed by atoms with E-state index in [4.69, 9.17) is 4.74 Å².